The average molecular weight is 412 g/mol. The lowest BCUT2D eigenvalue weighted by Gasteiger charge is -2.25. The Balaban J connectivity index is 1.47. The molecule has 0 saturated heterocycles. The van der Waals surface area contributed by atoms with Gasteiger partial charge in [-0.1, -0.05) is 23.7 Å². The standard InChI is InChI=1S/C22H15ClFNO4/c23-15-2-1-3-17(11-15)25-19-10-14-6-9-18(12-20(14)29-22(19)27)28-21(26)13-4-7-16(24)8-5-13/h1-9,11-12,19,25H,10H2. The summed E-state index contributed by atoms with van der Waals surface area (Å²) in [6, 6.07) is 16.4. The fourth-order valence-corrected chi connectivity index (χ4v) is 3.18. The summed E-state index contributed by atoms with van der Waals surface area (Å²) < 4.78 is 23.7. The molecule has 4 rings (SSSR count). The van der Waals surface area contributed by atoms with Crippen LogP contribution < -0.4 is 14.8 Å². The van der Waals surface area contributed by atoms with Gasteiger partial charge in [-0.3, -0.25) is 0 Å². The van der Waals surface area contributed by atoms with E-state index < -0.39 is 23.8 Å². The van der Waals surface area contributed by atoms with Gasteiger partial charge in [0.05, 0.1) is 5.56 Å². The molecule has 0 saturated carbocycles. The highest BCUT2D eigenvalue weighted by Crippen LogP contribution is 2.31. The Morgan fingerprint density at radius 2 is 1.90 bits per heavy atom. The topological polar surface area (TPSA) is 64.6 Å². The van der Waals surface area contributed by atoms with Gasteiger partial charge in [-0.05, 0) is 54.1 Å². The van der Waals surface area contributed by atoms with Gasteiger partial charge in [0.15, 0.2) is 0 Å². The van der Waals surface area contributed by atoms with Crippen LogP contribution in [0.5, 0.6) is 11.5 Å². The summed E-state index contributed by atoms with van der Waals surface area (Å²) in [7, 11) is 0. The lowest BCUT2D eigenvalue weighted by atomic mass is 10.0. The maximum Gasteiger partial charge on any atom is 0.343 e. The van der Waals surface area contributed by atoms with Crippen molar-refractivity contribution in [3.63, 3.8) is 0 Å². The SMILES string of the molecule is O=C(Oc1ccc2c(c1)OC(=O)C(Nc1cccc(Cl)c1)C2)c1ccc(F)cc1. The Hall–Kier alpha value is -3.38. The normalized spacial score (nSPS) is 15.2. The molecule has 146 valence electrons. The van der Waals surface area contributed by atoms with Crippen molar-refractivity contribution in [1.82, 2.24) is 0 Å². The summed E-state index contributed by atoms with van der Waals surface area (Å²) in [5.74, 6) is -0.953. The van der Waals surface area contributed by atoms with E-state index in [0.717, 1.165) is 5.56 Å². The van der Waals surface area contributed by atoms with Crippen molar-refractivity contribution in [2.24, 2.45) is 0 Å². The Bertz CT molecular complexity index is 1080. The Morgan fingerprint density at radius 3 is 2.66 bits per heavy atom. The van der Waals surface area contributed by atoms with Crippen LogP contribution in [0.4, 0.5) is 10.1 Å². The first kappa shape index (κ1) is 19.0. The van der Waals surface area contributed by atoms with Crippen LogP contribution in [0.15, 0.2) is 66.7 Å². The quantitative estimate of drug-likeness (QED) is 0.500. The minimum atomic E-state index is -0.632. The summed E-state index contributed by atoms with van der Waals surface area (Å²) >= 11 is 5.97. The van der Waals surface area contributed by atoms with Crippen LogP contribution in [-0.2, 0) is 11.2 Å². The largest absolute Gasteiger partial charge is 0.425 e. The third-order valence-electron chi connectivity index (χ3n) is 4.41. The molecule has 5 nitrogen and oxygen atoms in total. The summed E-state index contributed by atoms with van der Waals surface area (Å²) in [5.41, 5.74) is 1.73. The average Bonchev–Trinajstić information content (AvgIpc) is 2.69. The van der Waals surface area contributed by atoms with Gasteiger partial charge in [-0.15, -0.1) is 0 Å². The van der Waals surface area contributed by atoms with Gasteiger partial charge in [0, 0.05) is 23.2 Å². The number of ether oxygens (including phenoxy) is 2. The van der Waals surface area contributed by atoms with Crippen molar-refractivity contribution in [1.29, 1.82) is 0 Å². The predicted molar refractivity (Wildman–Crippen MR) is 106 cm³/mol. The number of hydrogen-bond donors (Lipinski definition) is 1. The van der Waals surface area contributed by atoms with Gasteiger partial charge in [0.2, 0.25) is 0 Å². The van der Waals surface area contributed by atoms with Crippen LogP contribution >= 0.6 is 11.6 Å². The number of hydrogen-bond acceptors (Lipinski definition) is 5. The second-order valence-corrected chi connectivity index (χ2v) is 6.93. The molecule has 1 atom stereocenters. The lowest BCUT2D eigenvalue weighted by molar-refractivity contribution is -0.136. The molecular weight excluding hydrogens is 397 g/mol. The third kappa shape index (κ3) is 4.38. The van der Waals surface area contributed by atoms with Crippen molar-refractivity contribution in [2.45, 2.75) is 12.5 Å². The minimum Gasteiger partial charge on any atom is -0.425 e. The maximum atomic E-state index is 13.0. The molecule has 0 fully saturated rings. The van der Waals surface area contributed by atoms with Crippen LogP contribution in [0.25, 0.3) is 0 Å². The summed E-state index contributed by atoms with van der Waals surface area (Å²) in [6.45, 7) is 0. The van der Waals surface area contributed by atoms with Crippen LogP contribution in [0.1, 0.15) is 15.9 Å². The van der Waals surface area contributed by atoms with Gasteiger partial charge in [0.25, 0.3) is 0 Å². The molecule has 1 aliphatic rings. The molecule has 1 N–H and O–H groups in total. The van der Waals surface area contributed by atoms with Gasteiger partial charge in [0.1, 0.15) is 23.4 Å². The van der Waals surface area contributed by atoms with E-state index in [1.807, 2.05) is 6.07 Å². The number of carbonyl (C=O) groups excluding carboxylic acids is 2. The zero-order chi connectivity index (χ0) is 20.4. The molecule has 1 unspecified atom stereocenters. The minimum absolute atomic E-state index is 0.215. The Labute approximate surface area is 171 Å². The van der Waals surface area contributed by atoms with Crippen molar-refractivity contribution in [3.8, 4) is 11.5 Å². The number of halogens is 2. The van der Waals surface area contributed by atoms with Gasteiger partial charge < -0.3 is 14.8 Å². The fourth-order valence-electron chi connectivity index (χ4n) is 2.99. The van der Waals surface area contributed by atoms with E-state index >= 15 is 0 Å². The maximum absolute atomic E-state index is 13.0. The van der Waals surface area contributed by atoms with E-state index in [2.05, 4.69) is 5.32 Å². The molecule has 0 bridgehead atoms. The number of rotatable bonds is 4. The van der Waals surface area contributed by atoms with Gasteiger partial charge in [-0.25, -0.2) is 14.0 Å². The molecule has 0 amide bonds. The molecule has 29 heavy (non-hydrogen) atoms. The fraction of sp³-hybridized carbons (Fsp3) is 0.0909. The lowest BCUT2D eigenvalue weighted by Crippen LogP contribution is -2.38. The zero-order valence-corrected chi connectivity index (χ0v) is 15.8. The van der Waals surface area contributed by atoms with Crippen LogP contribution in [0, 0.1) is 5.82 Å². The van der Waals surface area contributed by atoms with E-state index in [0.29, 0.717) is 22.9 Å². The first-order chi connectivity index (χ1) is 14.0. The molecule has 0 radical (unpaired) electrons. The number of benzene rings is 3. The van der Waals surface area contributed by atoms with E-state index in [-0.39, 0.29) is 11.3 Å². The second-order valence-electron chi connectivity index (χ2n) is 6.50. The monoisotopic (exact) mass is 411 g/mol. The second kappa shape index (κ2) is 7.93. The molecule has 1 heterocycles. The number of fused-ring (bicyclic) bond motifs is 1. The van der Waals surface area contributed by atoms with Crippen LogP contribution in [0.3, 0.4) is 0 Å². The molecule has 3 aromatic rings. The van der Waals surface area contributed by atoms with Gasteiger partial charge in [-0.2, -0.15) is 0 Å². The predicted octanol–water partition coefficient (Wildman–Crippen LogP) is 4.64. The first-order valence-electron chi connectivity index (χ1n) is 8.82. The summed E-state index contributed by atoms with van der Waals surface area (Å²) in [4.78, 5) is 24.5. The summed E-state index contributed by atoms with van der Waals surface area (Å²) in [5, 5.41) is 3.67. The summed E-state index contributed by atoms with van der Waals surface area (Å²) in [6.07, 6.45) is 0.410. The van der Waals surface area contributed by atoms with Crippen LogP contribution in [-0.4, -0.2) is 18.0 Å². The van der Waals surface area contributed by atoms with Crippen molar-refractivity contribution in [3.05, 3.63) is 88.7 Å². The van der Waals surface area contributed by atoms with E-state index in [1.54, 1.807) is 30.3 Å². The van der Waals surface area contributed by atoms with Crippen molar-refractivity contribution < 1.29 is 23.5 Å². The number of nitrogens with one attached hydrogen (secondary N) is 1. The third-order valence-corrected chi connectivity index (χ3v) is 4.65. The Morgan fingerprint density at radius 1 is 1.10 bits per heavy atom. The molecule has 3 aromatic carbocycles. The Kier molecular flexibility index (Phi) is 5.18. The molecular formula is C22H15ClFNO4. The molecule has 0 spiro atoms. The highest BCUT2D eigenvalue weighted by molar-refractivity contribution is 6.30. The van der Waals surface area contributed by atoms with E-state index in [9.17, 15) is 14.0 Å². The van der Waals surface area contributed by atoms with Crippen molar-refractivity contribution >= 4 is 29.2 Å². The molecule has 0 aliphatic carbocycles. The number of anilines is 1. The van der Waals surface area contributed by atoms with E-state index in [4.69, 9.17) is 21.1 Å². The highest BCUT2D eigenvalue weighted by Gasteiger charge is 2.29. The highest BCUT2D eigenvalue weighted by atomic mass is 35.5. The molecule has 1 aliphatic heterocycles. The number of esters is 2. The molecule has 0 aromatic heterocycles. The van der Waals surface area contributed by atoms with Gasteiger partial charge >= 0.3 is 11.9 Å². The number of carbonyl (C=O) groups is 2. The van der Waals surface area contributed by atoms with E-state index in [1.165, 1.54) is 30.3 Å². The van der Waals surface area contributed by atoms with Crippen LogP contribution in [0.2, 0.25) is 5.02 Å². The molecule has 7 heteroatoms. The first-order valence-corrected chi connectivity index (χ1v) is 9.20. The van der Waals surface area contributed by atoms with Crippen molar-refractivity contribution in [2.75, 3.05) is 5.32 Å². The smallest absolute Gasteiger partial charge is 0.343 e. The zero-order valence-electron chi connectivity index (χ0n) is 15.0.